The lowest BCUT2D eigenvalue weighted by atomic mass is 10.0. The minimum absolute atomic E-state index is 0.0425. The van der Waals surface area contributed by atoms with Crippen molar-refractivity contribution in [2.24, 2.45) is 7.05 Å². The number of aryl methyl sites for hydroxylation is 1. The van der Waals surface area contributed by atoms with Gasteiger partial charge in [0.05, 0.1) is 5.69 Å². The van der Waals surface area contributed by atoms with Gasteiger partial charge in [-0.15, -0.1) is 0 Å². The molecule has 134 valence electrons. The van der Waals surface area contributed by atoms with Gasteiger partial charge in [-0.05, 0) is 31.9 Å². The number of rotatable bonds is 6. The molecule has 3 heterocycles. The number of pyridine rings is 1. The minimum atomic E-state index is -0.200. The first-order chi connectivity index (χ1) is 12.1. The van der Waals surface area contributed by atoms with Gasteiger partial charge < -0.3 is 19.5 Å². The Hall–Kier alpha value is -2.41. The van der Waals surface area contributed by atoms with E-state index in [-0.39, 0.29) is 18.6 Å². The van der Waals surface area contributed by atoms with Crippen LogP contribution in [0.4, 0.5) is 5.69 Å². The van der Waals surface area contributed by atoms with Gasteiger partial charge in [0.2, 0.25) is 5.91 Å². The fourth-order valence-electron chi connectivity index (χ4n) is 3.09. The molecule has 1 saturated heterocycles. The maximum absolute atomic E-state index is 12.4. The normalized spacial score (nSPS) is 16.6. The summed E-state index contributed by atoms with van der Waals surface area (Å²) < 4.78 is 7.61. The Morgan fingerprint density at radius 1 is 1.40 bits per heavy atom. The number of aromatic nitrogens is 3. The maximum atomic E-state index is 12.4. The van der Waals surface area contributed by atoms with E-state index in [4.69, 9.17) is 4.74 Å². The molecule has 1 aliphatic rings. The second-order valence-corrected chi connectivity index (χ2v) is 6.39. The van der Waals surface area contributed by atoms with Gasteiger partial charge in [-0.1, -0.05) is 0 Å². The highest BCUT2D eigenvalue weighted by molar-refractivity contribution is 5.77. The maximum Gasteiger partial charge on any atom is 0.248 e. The first-order valence-corrected chi connectivity index (χ1v) is 8.66. The first kappa shape index (κ1) is 17.4. The average molecular weight is 343 g/mol. The largest absolute Gasteiger partial charge is 0.381 e. The third-order valence-corrected chi connectivity index (χ3v) is 4.56. The number of hydrogen-bond donors (Lipinski definition) is 1. The number of likely N-dealkylation sites (tertiary alicyclic amines) is 1. The van der Waals surface area contributed by atoms with Crippen LogP contribution in [-0.2, 0) is 16.6 Å². The van der Waals surface area contributed by atoms with Gasteiger partial charge in [-0.25, -0.2) is 4.98 Å². The Kier molecular flexibility index (Phi) is 5.65. The number of nitrogens with zero attached hydrogens (tertiary/aromatic N) is 4. The van der Waals surface area contributed by atoms with Crippen LogP contribution in [0.1, 0.15) is 31.7 Å². The summed E-state index contributed by atoms with van der Waals surface area (Å²) in [6, 6.07) is 4.30. The van der Waals surface area contributed by atoms with E-state index in [0.717, 1.165) is 37.4 Å². The van der Waals surface area contributed by atoms with Crippen LogP contribution in [0.15, 0.2) is 36.9 Å². The number of amides is 1. The Balaban J connectivity index is 1.41. The van der Waals surface area contributed by atoms with Gasteiger partial charge in [-0.3, -0.25) is 9.78 Å². The van der Waals surface area contributed by atoms with Gasteiger partial charge in [-0.2, -0.15) is 0 Å². The number of ether oxygens (including phenoxy) is 1. The van der Waals surface area contributed by atoms with Crippen molar-refractivity contribution >= 4 is 11.6 Å². The van der Waals surface area contributed by atoms with Gasteiger partial charge in [0, 0.05) is 51.0 Å². The number of carbonyl (C=O) groups excluding carboxylic acids is 1. The van der Waals surface area contributed by atoms with Crippen LogP contribution >= 0.6 is 0 Å². The van der Waals surface area contributed by atoms with E-state index < -0.39 is 0 Å². The van der Waals surface area contributed by atoms with Crippen molar-refractivity contribution in [2.75, 3.05) is 25.0 Å². The molecule has 1 N–H and O–H groups in total. The SMILES string of the molecule is CC(OCC(=O)N1CCC(Nc2cccnc2)CC1)c1nccn1C. The molecule has 0 aromatic carbocycles. The second kappa shape index (κ2) is 8.11. The van der Waals surface area contributed by atoms with Crippen LogP contribution < -0.4 is 5.32 Å². The van der Waals surface area contributed by atoms with E-state index in [1.807, 2.05) is 48.0 Å². The van der Waals surface area contributed by atoms with Gasteiger partial charge in [0.15, 0.2) is 0 Å². The molecule has 7 nitrogen and oxygen atoms in total. The summed E-state index contributed by atoms with van der Waals surface area (Å²) in [5, 5.41) is 3.47. The Bertz CT molecular complexity index is 680. The molecule has 1 amide bonds. The van der Waals surface area contributed by atoms with E-state index in [1.54, 1.807) is 12.4 Å². The Morgan fingerprint density at radius 2 is 2.20 bits per heavy atom. The highest BCUT2D eigenvalue weighted by Gasteiger charge is 2.23. The Labute approximate surface area is 148 Å². The molecule has 2 aromatic rings. The van der Waals surface area contributed by atoms with Crippen molar-refractivity contribution in [1.29, 1.82) is 0 Å². The van der Waals surface area contributed by atoms with Crippen molar-refractivity contribution in [3.05, 3.63) is 42.7 Å². The van der Waals surface area contributed by atoms with Crippen LogP contribution in [0, 0.1) is 0 Å². The van der Waals surface area contributed by atoms with Gasteiger partial charge in [0.25, 0.3) is 0 Å². The third kappa shape index (κ3) is 4.57. The van der Waals surface area contributed by atoms with Crippen molar-refractivity contribution in [3.8, 4) is 0 Å². The molecule has 7 heteroatoms. The van der Waals surface area contributed by atoms with Crippen molar-refractivity contribution in [1.82, 2.24) is 19.4 Å². The van der Waals surface area contributed by atoms with Crippen LogP contribution in [0.2, 0.25) is 0 Å². The number of piperidine rings is 1. The average Bonchev–Trinajstić information content (AvgIpc) is 3.07. The molecule has 1 fully saturated rings. The number of nitrogens with one attached hydrogen (secondary N) is 1. The van der Waals surface area contributed by atoms with Crippen molar-refractivity contribution < 1.29 is 9.53 Å². The third-order valence-electron chi connectivity index (χ3n) is 4.56. The molecule has 1 aliphatic heterocycles. The Morgan fingerprint density at radius 3 is 2.84 bits per heavy atom. The van der Waals surface area contributed by atoms with Crippen LogP contribution in [0.5, 0.6) is 0 Å². The first-order valence-electron chi connectivity index (χ1n) is 8.66. The fraction of sp³-hybridized carbons (Fsp3) is 0.500. The number of anilines is 1. The lowest BCUT2D eigenvalue weighted by molar-refractivity contribution is -0.139. The summed E-state index contributed by atoms with van der Waals surface area (Å²) in [7, 11) is 1.92. The van der Waals surface area contributed by atoms with Gasteiger partial charge >= 0.3 is 0 Å². The molecule has 1 atom stereocenters. The summed E-state index contributed by atoms with van der Waals surface area (Å²) >= 11 is 0. The highest BCUT2D eigenvalue weighted by atomic mass is 16.5. The lowest BCUT2D eigenvalue weighted by Crippen LogP contribution is -2.43. The van der Waals surface area contributed by atoms with E-state index >= 15 is 0 Å². The standard InChI is InChI=1S/C18H25N5O2/c1-14(18-20-8-11-22(18)2)25-13-17(24)23-9-5-15(6-10-23)21-16-4-3-7-19-12-16/h3-4,7-8,11-12,14-15,21H,5-6,9-10,13H2,1-2H3. The van der Waals surface area contributed by atoms with E-state index in [0.29, 0.717) is 6.04 Å². The molecule has 2 aromatic heterocycles. The van der Waals surface area contributed by atoms with Crippen LogP contribution in [0.25, 0.3) is 0 Å². The zero-order chi connectivity index (χ0) is 17.6. The number of hydrogen-bond acceptors (Lipinski definition) is 5. The smallest absolute Gasteiger partial charge is 0.248 e. The molecule has 3 rings (SSSR count). The van der Waals surface area contributed by atoms with E-state index in [2.05, 4.69) is 15.3 Å². The summed E-state index contributed by atoms with van der Waals surface area (Å²) in [5.74, 6) is 0.869. The van der Waals surface area contributed by atoms with Crippen molar-refractivity contribution in [3.63, 3.8) is 0 Å². The second-order valence-electron chi connectivity index (χ2n) is 6.39. The molecule has 0 radical (unpaired) electrons. The molecule has 1 unspecified atom stereocenters. The fourth-order valence-corrected chi connectivity index (χ4v) is 3.09. The molecule has 0 spiro atoms. The highest BCUT2D eigenvalue weighted by Crippen LogP contribution is 2.17. The van der Waals surface area contributed by atoms with E-state index in [9.17, 15) is 4.79 Å². The van der Waals surface area contributed by atoms with Crippen molar-refractivity contribution in [2.45, 2.75) is 31.9 Å². The summed E-state index contributed by atoms with van der Waals surface area (Å²) in [4.78, 5) is 22.6. The predicted octanol–water partition coefficient (Wildman–Crippen LogP) is 2.00. The number of carbonyl (C=O) groups is 1. The van der Waals surface area contributed by atoms with Crippen LogP contribution in [0.3, 0.4) is 0 Å². The predicted molar refractivity (Wildman–Crippen MR) is 95.0 cm³/mol. The molecule has 0 saturated carbocycles. The molecular weight excluding hydrogens is 318 g/mol. The van der Waals surface area contributed by atoms with Crippen LogP contribution in [-0.4, -0.2) is 51.1 Å². The summed E-state index contributed by atoms with van der Waals surface area (Å²) in [5.41, 5.74) is 1.03. The molecule has 25 heavy (non-hydrogen) atoms. The number of imidazole rings is 1. The van der Waals surface area contributed by atoms with E-state index in [1.165, 1.54) is 0 Å². The minimum Gasteiger partial charge on any atom is -0.381 e. The monoisotopic (exact) mass is 343 g/mol. The zero-order valence-electron chi connectivity index (χ0n) is 14.8. The lowest BCUT2D eigenvalue weighted by Gasteiger charge is -2.33. The topological polar surface area (TPSA) is 72.3 Å². The molecular formula is C18H25N5O2. The summed E-state index contributed by atoms with van der Waals surface area (Å²) in [6.07, 6.45) is 8.84. The molecule has 0 bridgehead atoms. The molecule has 0 aliphatic carbocycles. The summed E-state index contributed by atoms with van der Waals surface area (Å²) in [6.45, 7) is 3.50. The quantitative estimate of drug-likeness (QED) is 0.868. The zero-order valence-corrected chi connectivity index (χ0v) is 14.8. The van der Waals surface area contributed by atoms with Gasteiger partial charge in [0.1, 0.15) is 18.5 Å².